The van der Waals surface area contributed by atoms with Crippen molar-refractivity contribution in [2.24, 2.45) is 0 Å². The highest BCUT2D eigenvalue weighted by Crippen LogP contribution is 2.19. The molecule has 1 heterocycles. The van der Waals surface area contributed by atoms with E-state index in [9.17, 15) is 14.0 Å². The number of hydrogen-bond acceptors (Lipinski definition) is 2. The summed E-state index contributed by atoms with van der Waals surface area (Å²) in [5.41, 5.74) is -0.0868. The van der Waals surface area contributed by atoms with Gasteiger partial charge in [-0.3, -0.25) is 4.79 Å². The summed E-state index contributed by atoms with van der Waals surface area (Å²) >= 11 is 5.63. The van der Waals surface area contributed by atoms with Crippen LogP contribution in [0.2, 0.25) is 5.02 Å². The minimum atomic E-state index is -1.01. The number of carbonyl (C=O) groups excluding carboxylic acids is 1. The lowest BCUT2D eigenvalue weighted by molar-refractivity contribution is 0.0620. The van der Waals surface area contributed by atoms with Crippen LogP contribution in [0.3, 0.4) is 0 Å². The molecular weight excluding hydrogens is 275 g/mol. The van der Waals surface area contributed by atoms with Crippen molar-refractivity contribution in [1.82, 2.24) is 9.80 Å². The molecule has 1 aliphatic heterocycles. The van der Waals surface area contributed by atoms with Gasteiger partial charge in [0.25, 0.3) is 5.91 Å². The van der Waals surface area contributed by atoms with Gasteiger partial charge in [0.15, 0.2) is 5.82 Å². The van der Waals surface area contributed by atoms with Crippen LogP contribution in [0.5, 0.6) is 0 Å². The molecule has 0 radical (unpaired) electrons. The van der Waals surface area contributed by atoms with Crippen molar-refractivity contribution in [2.75, 3.05) is 26.2 Å². The minimum Gasteiger partial charge on any atom is -0.465 e. The first kappa shape index (κ1) is 13.6. The van der Waals surface area contributed by atoms with E-state index in [0.29, 0.717) is 0 Å². The third-order valence-corrected chi connectivity index (χ3v) is 3.31. The highest BCUT2D eigenvalue weighted by atomic mass is 35.5. The van der Waals surface area contributed by atoms with E-state index in [1.165, 1.54) is 28.0 Å². The first-order chi connectivity index (χ1) is 9.00. The Morgan fingerprint density at radius 2 is 1.74 bits per heavy atom. The predicted molar refractivity (Wildman–Crippen MR) is 66.9 cm³/mol. The summed E-state index contributed by atoms with van der Waals surface area (Å²) in [6.07, 6.45) is -1.01. The maximum atomic E-state index is 13.7. The van der Waals surface area contributed by atoms with Gasteiger partial charge in [0.1, 0.15) is 0 Å². The van der Waals surface area contributed by atoms with Crippen LogP contribution < -0.4 is 0 Å². The molecule has 5 nitrogen and oxygen atoms in total. The molecule has 2 amide bonds. The van der Waals surface area contributed by atoms with E-state index in [0.717, 1.165) is 0 Å². The van der Waals surface area contributed by atoms with Crippen molar-refractivity contribution >= 4 is 23.6 Å². The molecule has 1 saturated heterocycles. The zero-order chi connectivity index (χ0) is 14.0. The Balaban J connectivity index is 2.09. The van der Waals surface area contributed by atoms with Crippen LogP contribution in [0.25, 0.3) is 0 Å². The lowest BCUT2D eigenvalue weighted by Crippen LogP contribution is -2.50. The van der Waals surface area contributed by atoms with Crippen LogP contribution in [0.1, 0.15) is 10.4 Å². The van der Waals surface area contributed by atoms with Gasteiger partial charge in [0.2, 0.25) is 0 Å². The number of hydrogen-bond donors (Lipinski definition) is 1. The Hall–Kier alpha value is -1.82. The Labute approximate surface area is 114 Å². The molecular formula is C12H12ClFN2O3. The van der Waals surface area contributed by atoms with Gasteiger partial charge in [-0.05, 0) is 12.1 Å². The summed E-state index contributed by atoms with van der Waals surface area (Å²) in [6.45, 7) is 0.945. The first-order valence-electron chi connectivity index (χ1n) is 5.72. The predicted octanol–water partition coefficient (Wildman–Crippen LogP) is 1.91. The second kappa shape index (κ2) is 5.44. The standard InChI is InChI=1S/C12H12ClFN2O3/c13-9-3-1-2-8(10(9)14)11(17)15-4-6-16(7-5-15)12(18)19/h1-3H,4-7H2,(H,18,19). The van der Waals surface area contributed by atoms with Crippen molar-refractivity contribution in [3.05, 3.63) is 34.6 Å². The molecule has 102 valence electrons. The summed E-state index contributed by atoms with van der Waals surface area (Å²) in [5.74, 6) is -1.21. The van der Waals surface area contributed by atoms with Gasteiger partial charge in [-0.25, -0.2) is 9.18 Å². The fraction of sp³-hybridized carbons (Fsp3) is 0.333. The number of benzene rings is 1. The molecule has 1 N–H and O–H groups in total. The Morgan fingerprint density at radius 1 is 1.16 bits per heavy atom. The number of piperazine rings is 1. The van der Waals surface area contributed by atoms with Crippen LogP contribution >= 0.6 is 11.6 Å². The molecule has 1 aromatic rings. The van der Waals surface area contributed by atoms with E-state index in [2.05, 4.69) is 0 Å². The molecule has 1 aliphatic rings. The Morgan fingerprint density at radius 3 is 2.32 bits per heavy atom. The maximum Gasteiger partial charge on any atom is 0.407 e. The summed E-state index contributed by atoms with van der Waals surface area (Å²) in [6, 6.07) is 4.25. The molecule has 2 rings (SSSR count). The van der Waals surface area contributed by atoms with Crippen molar-refractivity contribution in [3.63, 3.8) is 0 Å². The molecule has 0 atom stereocenters. The summed E-state index contributed by atoms with van der Waals surface area (Å²) < 4.78 is 13.7. The highest BCUT2D eigenvalue weighted by Gasteiger charge is 2.26. The SMILES string of the molecule is O=C(O)N1CCN(C(=O)c2cccc(Cl)c2F)CC1. The molecule has 0 spiro atoms. The maximum absolute atomic E-state index is 13.7. The second-order valence-corrected chi connectivity index (χ2v) is 4.57. The molecule has 1 fully saturated rings. The summed E-state index contributed by atoms with van der Waals surface area (Å²) in [4.78, 5) is 25.5. The molecule has 1 aromatic carbocycles. The van der Waals surface area contributed by atoms with Crippen LogP contribution in [0.4, 0.5) is 9.18 Å². The molecule has 7 heteroatoms. The van der Waals surface area contributed by atoms with Crippen LogP contribution in [0, 0.1) is 5.82 Å². The second-order valence-electron chi connectivity index (χ2n) is 4.16. The Bertz CT molecular complexity index is 516. The summed E-state index contributed by atoms with van der Waals surface area (Å²) in [5, 5.41) is 8.70. The molecule has 0 unspecified atom stereocenters. The fourth-order valence-corrected chi connectivity index (χ4v) is 2.11. The van der Waals surface area contributed by atoms with Crippen molar-refractivity contribution < 1.29 is 19.1 Å². The minimum absolute atomic E-state index is 0.0868. The van der Waals surface area contributed by atoms with Gasteiger partial charge >= 0.3 is 6.09 Å². The number of nitrogens with zero attached hydrogens (tertiary/aromatic N) is 2. The van der Waals surface area contributed by atoms with Crippen LogP contribution in [-0.4, -0.2) is 53.1 Å². The van der Waals surface area contributed by atoms with Gasteiger partial charge in [0.05, 0.1) is 10.6 Å². The number of carboxylic acid groups (broad SMARTS) is 1. The molecule has 0 aliphatic carbocycles. The number of rotatable bonds is 1. The smallest absolute Gasteiger partial charge is 0.407 e. The highest BCUT2D eigenvalue weighted by molar-refractivity contribution is 6.31. The fourth-order valence-electron chi connectivity index (χ4n) is 1.94. The van der Waals surface area contributed by atoms with Gasteiger partial charge in [-0.15, -0.1) is 0 Å². The van der Waals surface area contributed by atoms with Crippen molar-refractivity contribution in [1.29, 1.82) is 0 Å². The molecule has 0 aromatic heterocycles. The number of halogens is 2. The van der Waals surface area contributed by atoms with Crippen molar-refractivity contribution in [3.8, 4) is 0 Å². The van der Waals surface area contributed by atoms with E-state index in [1.54, 1.807) is 0 Å². The molecule has 0 saturated carbocycles. The van der Waals surface area contributed by atoms with Crippen molar-refractivity contribution in [2.45, 2.75) is 0 Å². The van der Waals surface area contributed by atoms with Gasteiger partial charge < -0.3 is 14.9 Å². The van der Waals surface area contributed by atoms with E-state index >= 15 is 0 Å². The van der Waals surface area contributed by atoms with Crippen LogP contribution in [-0.2, 0) is 0 Å². The van der Waals surface area contributed by atoms with E-state index in [4.69, 9.17) is 16.7 Å². The monoisotopic (exact) mass is 286 g/mol. The lowest BCUT2D eigenvalue weighted by Gasteiger charge is -2.33. The topological polar surface area (TPSA) is 60.9 Å². The quantitative estimate of drug-likeness (QED) is 0.858. The van der Waals surface area contributed by atoms with Gasteiger partial charge in [0, 0.05) is 26.2 Å². The normalized spacial score (nSPS) is 15.5. The average molecular weight is 287 g/mol. The summed E-state index contributed by atoms with van der Waals surface area (Å²) in [7, 11) is 0. The zero-order valence-electron chi connectivity index (χ0n) is 9.97. The third-order valence-electron chi connectivity index (χ3n) is 3.02. The van der Waals surface area contributed by atoms with Crippen LogP contribution in [0.15, 0.2) is 18.2 Å². The van der Waals surface area contributed by atoms with E-state index in [1.807, 2.05) is 0 Å². The molecule has 0 bridgehead atoms. The number of carbonyl (C=O) groups is 2. The van der Waals surface area contributed by atoms with E-state index < -0.39 is 17.8 Å². The largest absolute Gasteiger partial charge is 0.465 e. The van der Waals surface area contributed by atoms with E-state index in [-0.39, 0.29) is 36.8 Å². The zero-order valence-corrected chi connectivity index (χ0v) is 10.7. The molecule has 19 heavy (non-hydrogen) atoms. The third kappa shape index (κ3) is 2.78. The Kier molecular flexibility index (Phi) is 3.90. The van der Waals surface area contributed by atoms with Gasteiger partial charge in [-0.1, -0.05) is 17.7 Å². The lowest BCUT2D eigenvalue weighted by atomic mass is 10.1. The van der Waals surface area contributed by atoms with Gasteiger partial charge in [-0.2, -0.15) is 0 Å². The average Bonchev–Trinajstić information content (AvgIpc) is 2.41. The first-order valence-corrected chi connectivity index (χ1v) is 6.09. The number of amides is 2.